The number of aryl methyl sites for hydroxylation is 1. The van der Waals surface area contributed by atoms with E-state index < -0.39 is 10.0 Å². The molecule has 1 aromatic rings. The lowest BCUT2D eigenvalue weighted by Gasteiger charge is -2.35. The van der Waals surface area contributed by atoms with Crippen molar-refractivity contribution in [2.45, 2.75) is 37.8 Å². The third kappa shape index (κ3) is 3.02. The first kappa shape index (κ1) is 15.0. The molecule has 1 aliphatic heterocycles. The molecular weight excluding hydrogens is 330 g/mol. The minimum absolute atomic E-state index is 0.0739. The zero-order valence-electron chi connectivity index (χ0n) is 11.3. The molecule has 0 spiro atoms. The lowest BCUT2D eigenvalue weighted by atomic mass is 10.2. The van der Waals surface area contributed by atoms with Gasteiger partial charge in [-0.3, -0.25) is 0 Å². The van der Waals surface area contributed by atoms with Crippen LogP contribution in [-0.2, 0) is 14.8 Å². The van der Waals surface area contributed by atoms with Gasteiger partial charge in [-0.1, -0.05) is 6.07 Å². The number of morpholine rings is 1. The molecule has 1 heterocycles. The van der Waals surface area contributed by atoms with Crippen molar-refractivity contribution in [2.75, 3.05) is 13.2 Å². The van der Waals surface area contributed by atoms with E-state index in [-0.39, 0.29) is 12.1 Å². The lowest BCUT2D eigenvalue weighted by molar-refractivity contribution is -0.0170. The number of rotatable bonds is 2. The van der Waals surface area contributed by atoms with Gasteiger partial charge in [0.05, 0.1) is 17.6 Å². The van der Waals surface area contributed by atoms with Crippen molar-refractivity contribution in [3.8, 4) is 0 Å². The second-order valence-electron chi connectivity index (χ2n) is 5.00. The molecule has 1 fully saturated rings. The lowest BCUT2D eigenvalue weighted by Crippen LogP contribution is -2.50. The van der Waals surface area contributed by atoms with Crippen LogP contribution >= 0.6 is 15.9 Å². The SMILES string of the molecule is Cc1ccc(S(=O)(=O)N2CC(C)OCC2C)c(Br)c1. The van der Waals surface area contributed by atoms with Crippen molar-refractivity contribution in [3.05, 3.63) is 28.2 Å². The van der Waals surface area contributed by atoms with Crippen molar-refractivity contribution in [1.29, 1.82) is 0 Å². The van der Waals surface area contributed by atoms with Crippen LogP contribution in [0.15, 0.2) is 27.6 Å². The van der Waals surface area contributed by atoms with Gasteiger partial charge in [0.2, 0.25) is 10.0 Å². The Morgan fingerprint density at radius 2 is 2.05 bits per heavy atom. The van der Waals surface area contributed by atoms with Gasteiger partial charge in [0.15, 0.2) is 0 Å². The molecule has 0 amide bonds. The summed E-state index contributed by atoms with van der Waals surface area (Å²) in [4.78, 5) is 0.319. The Bertz CT molecular complexity index is 573. The molecule has 0 aromatic heterocycles. The van der Waals surface area contributed by atoms with E-state index in [1.807, 2.05) is 32.9 Å². The van der Waals surface area contributed by atoms with Crippen LogP contribution in [0.4, 0.5) is 0 Å². The van der Waals surface area contributed by atoms with Crippen LogP contribution in [0.5, 0.6) is 0 Å². The Hall–Kier alpha value is -0.430. The Morgan fingerprint density at radius 3 is 2.68 bits per heavy atom. The zero-order valence-corrected chi connectivity index (χ0v) is 13.7. The fourth-order valence-electron chi connectivity index (χ4n) is 2.15. The van der Waals surface area contributed by atoms with Gasteiger partial charge in [-0.15, -0.1) is 0 Å². The van der Waals surface area contributed by atoms with Gasteiger partial charge in [0, 0.05) is 17.1 Å². The van der Waals surface area contributed by atoms with Crippen LogP contribution in [0.3, 0.4) is 0 Å². The highest BCUT2D eigenvalue weighted by Gasteiger charge is 2.35. The van der Waals surface area contributed by atoms with Crippen LogP contribution in [0.2, 0.25) is 0 Å². The summed E-state index contributed by atoms with van der Waals surface area (Å²) in [7, 11) is -3.49. The second kappa shape index (κ2) is 5.52. The van der Waals surface area contributed by atoms with Crippen LogP contribution in [0.1, 0.15) is 19.4 Å². The van der Waals surface area contributed by atoms with Crippen LogP contribution in [0.25, 0.3) is 0 Å². The quantitative estimate of drug-likeness (QED) is 0.825. The van der Waals surface area contributed by atoms with Crippen molar-refractivity contribution < 1.29 is 13.2 Å². The fourth-order valence-corrected chi connectivity index (χ4v) is 4.99. The van der Waals surface area contributed by atoms with Crippen LogP contribution in [-0.4, -0.2) is 38.0 Å². The number of sulfonamides is 1. The van der Waals surface area contributed by atoms with E-state index >= 15 is 0 Å². The molecule has 2 atom stereocenters. The summed E-state index contributed by atoms with van der Waals surface area (Å²) in [6, 6.07) is 5.14. The average Bonchev–Trinajstić information content (AvgIpc) is 2.31. The minimum atomic E-state index is -3.49. The first-order valence-electron chi connectivity index (χ1n) is 6.22. The predicted molar refractivity (Wildman–Crippen MR) is 77.6 cm³/mol. The number of hydrogen-bond donors (Lipinski definition) is 0. The number of hydrogen-bond acceptors (Lipinski definition) is 3. The van der Waals surface area contributed by atoms with E-state index in [4.69, 9.17) is 4.74 Å². The summed E-state index contributed by atoms with van der Waals surface area (Å²) in [6.45, 7) is 6.51. The Balaban J connectivity index is 2.41. The molecule has 0 N–H and O–H groups in total. The monoisotopic (exact) mass is 347 g/mol. The largest absolute Gasteiger partial charge is 0.375 e. The topological polar surface area (TPSA) is 46.6 Å². The van der Waals surface area contributed by atoms with Crippen molar-refractivity contribution >= 4 is 26.0 Å². The Morgan fingerprint density at radius 1 is 1.37 bits per heavy atom. The molecule has 19 heavy (non-hydrogen) atoms. The third-order valence-corrected chi connectivity index (χ3v) is 6.18. The van der Waals surface area contributed by atoms with Gasteiger partial charge in [-0.2, -0.15) is 4.31 Å². The second-order valence-corrected chi connectivity index (χ2v) is 7.71. The summed E-state index contributed by atoms with van der Waals surface area (Å²) < 4.78 is 33.0. The molecule has 0 bridgehead atoms. The summed E-state index contributed by atoms with van der Waals surface area (Å²) in [5.41, 5.74) is 1.02. The van der Waals surface area contributed by atoms with E-state index in [1.165, 1.54) is 4.31 Å². The fraction of sp³-hybridized carbons (Fsp3) is 0.538. The smallest absolute Gasteiger partial charge is 0.244 e. The van der Waals surface area contributed by atoms with Gasteiger partial charge in [0.25, 0.3) is 0 Å². The molecule has 1 aromatic carbocycles. The van der Waals surface area contributed by atoms with E-state index in [1.54, 1.807) is 6.07 Å². The van der Waals surface area contributed by atoms with Gasteiger partial charge in [-0.25, -0.2) is 8.42 Å². The van der Waals surface area contributed by atoms with E-state index in [0.717, 1.165) is 5.56 Å². The van der Waals surface area contributed by atoms with Crippen molar-refractivity contribution in [1.82, 2.24) is 4.31 Å². The Kier molecular flexibility index (Phi) is 4.35. The summed E-state index contributed by atoms with van der Waals surface area (Å²) >= 11 is 3.35. The molecule has 2 rings (SSSR count). The van der Waals surface area contributed by atoms with Crippen LogP contribution in [0, 0.1) is 6.92 Å². The van der Waals surface area contributed by atoms with E-state index in [0.29, 0.717) is 22.5 Å². The van der Waals surface area contributed by atoms with Crippen molar-refractivity contribution in [3.63, 3.8) is 0 Å². The highest BCUT2D eigenvalue weighted by atomic mass is 79.9. The summed E-state index contributed by atoms with van der Waals surface area (Å²) in [5.74, 6) is 0. The van der Waals surface area contributed by atoms with E-state index in [9.17, 15) is 8.42 Å². The van der Waals surface area contributed by atoms with Gasteiger partial charge < -0.3 is 4.74 Å². The van der Waals surface area contributed by atoms with Gasteiger partial charge >= 0.3 is 0 Å². The molecule has 0 saturated carbocycles. The highest BCUT2D eigenvalue weighted by molar-refractivity contribution is 9.10. The van der Waals surface area contributed by atoms with Crippen LogP contribution < -0.4 is 0 Å². The summed E-state index contributed by atoms with van der Waals surface area (Å²) in [6.07, 6.45) is -0.0739. The maximum absolute atomic E-state index is 12.7. The first-order valence-corrected chi connectivity index (χ1v) is 8.45. The molecule has 6 heteroatoms. The molecule has 0 aliphatic carbocycles. The molecule has 0 radical (unpaired) electrons. The summed E-state index contributed by atoms with van der Waals surface area (Å²) in [5, 5.41) is 0. The van der Waals surface area contributed by atoms with E-state index in [2.05, 4.69) is 15.9 Å². The maximum atomic E-state index is 12.7. The molecule has 2 unspecified atom stereocenters. The normalized spacial score (nSPS) is 25.5. The van der Waals surface area contributed by atoms with Gasteiger partial charge in [-0.05, 0) is 54.4 Å². The molecule has 1 aliphatic rings. The van der Waals surface area contributed by atoms with Crippen molar-refractivity contribution in [2.24, 2.45) is 0 Å². The number of nitrogens with zero attached hydrogens (tertiary/aromatic N) is 1. The third-order valence-electron chi connectivity index (χ3n) is 3.22. The number of benzene rings is 1. The number of halogens is 1. The molecular formula is C13H18BrNO3S. The zero-order chi connectivity index (χ0) is 14.2. The standard InChI is InChI=1S/C13H18BrNO3S/c1-9-4-5-13(12(14)6-9)19(16,17)15-7-11(3)18-8-10(15)2/h4-6,10-11H,7-8H2,1-3H3. The average molecular weight is 348 g/mol. The Labute approximate surface area is 122 Å². The highest BCUT2D eigenvalue weighted by Crippen LogP contribution is 2.28. The maximum Gasteiger partial charge on any atom is 0.244 e. The molecule has 1 saturated heterocycles. The molecule has 106 valence electrons. The van der Waals surface area contributed by atoms with Gasteiger partial charge in [0.1, 0.15) is 0 Å². The molecule has 4 nitrogen and oxygen atoms in total. The first-order chi connectivity index (χ1) is 8.82. The minimum Gasteiger partial charge on any atom is -0.375 e. The predicted octanol–water partition coefficient (Wildman–Crippen LogP) is 2.56. The number of ether oxygens (including phenoxy) is 1.